The van der Waals surface area contributed by atoms with E-state index in [1.165, 1.54) is 29.8 Å². The van der Waals surface area contributed by atoms with E-state index in [-0.39, 0.29) is 54.9 Å². The van der Waals surface area contributed by atoms with Crippen molar-refractivity contribution in [1.82, 2.24) is 24.6 Å². The molecule has 1 fully saturated rings. The Balaban J connectivity index is 1.56. The molecule has 0 saturated carbocycles. The van der Waals surface area contributed by atoms with Gasteiger partial charge in [-0.05, 0) is 60.4 Å². The van der Waals surface area contributed by atoms with Crippen molar-refractivity contribution < 1.29 is 45.8 Å². The number of amides is 1. The SMILES string of the molecule is Cc1cc2cc(c1F)[C@H](CC(=O)O)NC(=O)[C@H](n1cc(CCN3CC(F)C3)c(C(F)(F)F)cc1=O)c1cc(ccc1F)Oc1nn(C)cc1-2. The van der Waals surface area contributed by atoms with E-state index in [2.05, 4.69) is 10.4 Å². The van der Waals surface area contributed by atoms with Crippen molar-refractivity contribution in [3.63, 3.8) is 0 Å². The van der Waals surface area contributed by atoms with Gasteiger partial charge in [0.05, 0.1) is 23.6 Å². The molecule has 0 spiro atoms. The number of fused-ring (bicyclic) bond motifs is 6. The minimum absolute atomic E-state index is 0.00167. The van der Waals surface area contributed by atoms with Crippen LogP contribution >= 0.6 is 0 Å². The third-order valence-electron chi connectivity index (χ3n) is 8.54. The van der Waals surface area contributed by atoms with Gasteiger partial charge in [0, 0.05) is 56.3 Å². The van der Waals surface area contributed by atoms with Gasteiger partial charge in [-0.15, -0.1) is 5.10 Å². The molecule has 2 aliphatic rings. The van der Waals surface area contributed by atoms with Crippen LogP contribution in [0.15, 0.2) is 53.6 Å². The second kappa shape index (κ2) is 12.7. The summed E-state index contributed by atoms with van der Waals surface area (Å²) in [4.78, 5) is 41.2. The second-order valence-corrected chi connectivity index (χ2v) is 12.1. The number of carbonyl (C=O) groups excluding carboxylic acids is 1. The number of carbonyl (C=O) groups is 2. The molecule has 4 bridgehead atoms. The lowest BCUT2D eigenvalue weighted by molar-refractivity contribution is -0.139. The summed E-state index contributed by atoms with van der Waals surface area (Å²) >= 11 is 0. The van der Waals surface area contributed by atoms with Crippen LogP contribution in [-0.2, 0) is 29.2 Å². The van der Waals surface area contributed by atoms with Gasteiger partial charge in [-0.3, -0.25) is 28.5 Å². The molecule has 1 amide bonds. The highest BCUT2D eigenvalue weighted by atomic mass is 19.4. The second-order valence-electron chi connectivity index (χ2n) is 12.1. The van der Waals surface area contributed by atoms with Crippen LogP contribution in [0.4, 0.5) is 26.3 Å². The highest BCUT2D eigenvalue weighted by molar-refractivity contribution is 5.85. The molecule has 0 aliphatic carbocycles. The molecule has 2 N–H and O–H groups in total. The van der Waals surface area contributed by atoms with E-state index in [0.717, 1.165) is 18.3 Å². The molecule has 0 unspecified atom stereocenters. The molecule has 49 heavy (non-hydrogen) atoms. The molecule has 10 nitrogen and oxygen atoms in total. The molecule has 16 heteroatoms. The summed E-state index contributed by atoms with van der Waals surface area (Å²) in [6.45, 7) is 1.46. The minimum atomic E-state index is -4.98. The van der Waals surface area contributed by atoms with Crippen LogP contribution in [-0.4, -0.2) is 62.0 Å². The molecule has 258 valence electrons. The van der Waals surface area contributed by atoms with E-state index in [0.29, 0.717) is 15.7 Å². The zero-order chi connectivity index (χ0) is 35.4. The molecule has 6 rings (SSSR count). The Hall–Kier alpha value is -5.12. The monoisotopic (exact) mass is 689 g/mol. The lowest BCUT2D eigenvalue weighted by Gasteiger charge is -2.34. The van der Waals surface area contributed by atoms with Crippen molar-refractivity contribution in [3.8, 4) is 22.8 Å². The molecule has 4 heterocycles. The Morgan fingerprint density at radius 2 is 1.82 bits per heavy atom. The Morgan fingerprint density at radius 3 is 2.49 bits per heavy atom. The molecule has 2 aromatic carbocycles. The zero-order valence-corrected chi connectivity index (χ0v) is 26.0. The minimum Gasteiger partial charge on any atom is -0.481 e. The summed E-state index contributed by atoms with van der Waals surface area (Å²) in [5.74, 6) is -4.64. The van der Waals surface area contributed by atoms with E-state index in [4.69, 9.17) is 4.74 Å². The van der Waals surface area contributed by atoms with Gasteiger partial charge in [0.15, 0.2) is 0 Å². The van der Waals surface area contributed by atoms with Crippen LogP contribution in [0.1, 0.15) is 46.3 Å². The maximum absolute atomic E-state index is 15.7. The van der Waals surface area contributed by atoms with Gasteiger partial charge in [0.1, 0.15) is 29.6 Å². The number of carboxylic acid groups (broad SMARTS) is 1. The summed E-state index contributed by atoms with van der Waals surface area (Å²) in [5.41, 5.74) is -3.03. The molecule has 1 saturated heterocycles. The number of aromatic nitrogens is 3. The molecule has 2 aromatic heterocycles. The molecule has 0 radical (unpaired) electrons. The van der Waals surface area contributed by atoms with Crippen LogP contribution in [0.5, 0.6) is 11.6 Å². The number of hydrogen-bond acceptors (Lipinski definition) is 6. The maximum atomic E-state index is 15.7. The number of halogens is 6. The van der Waals surface area contributed by atoms with Gasteiger partial charge in [0.25, 0.3) is 5.56 Å². The third kappa shape index (κ3) is 6.77. The molecular formula is C33H29F6N5O5. The summed E-state index contributed by atoms with van der Waals surface area (Å²) in [6, 6.07) is 2.69. The molecular weight excluding hydrogens is 660 g/mol. The van der Waals surface area contributed by atoms with Gasteiger partial charge in [-0.25, -0.2) is 13.2 Å². The van der Waals surface area contributed by atoms with Crippen LogP contribution in [0.25, 0.3) is 11.1 Å². The number of benzene rings is 2. The largest absolute Gasteiger partial charge is 0.481 e. The number of hydrogen-bond donors (Lipinski definition) is 2. The first-order valence-electron chi connectivity index (χ1n) is 15.1. The number of pyridine rings is 1. The van der Waals surface area contributed by atoms with Gasteiger partial charge in [-0.1, -0.05) is 0 Å². The fourth-order valence-electron chi connectivity index (χ4n) is 6.16. The number of nitrogens with one attached hydrogen (secondary N) is 1. The lowest BCUT2D eigenvalue weighted by Crippen LogP contribution is -2.49. The summed E-state index contributed by atoms with van der Waals surface area (Å²) in [7, 11) is 1.59. The van der Waals surface area contributed by atoms with Crippen molar-refractivity contribution in [1.29, 1.82) is 0 Å². The van der Waals surface area contributed by atoms with E-state index < -0.39 is 76.6 Å². The first-order valence-corrected chi connectivity index (χ1v) is 15.1. The van der Waals surface area contributed by atoms with Gasteiger partial charge >= 0.3 is 12.1 Å². The normalized spacial score (nSPS) is 18.3. The van der Waals surface area contributed by atoms with E-state index in [9.17, 15) is 37.1 Å². The van der Waals surface area contributed by atoms with E-state index >= 15 is 8.78 Å². The number of aliphatic carboxylic acids is 1. The fourth-order valence-corrected chi connectivity index (χ4v) is 6.16. The van der Waals surface area contributed by atoms with E-state index in [1.807, 2.05) is 0 Å². The van der Waals surface area contributed by atoms with Crippen molar-refractivity contribution in [3.05, 3.63) is 98.6 Å². The predicted molar refractivity (Wildman–Crippen MR) is 162 cm³/mol. The summed E-state index contributed by atoms with van der Waals surface area (Å²) < 4.78 is 95.3. The number of ether oxygens (including phenoxy) is 1. The third-order valence-corrected chi connectivity index (χ3v) is 8.54. The topological polar surface area (TPSA) is 119 Å². The number of aryl methyl sites for hydroxylation is 2. The van der Waals surface area contributed by atoms with E-state index in [1.54, 1.807) is 18.1 Å². The van der Waals surface area contributed by atoms with Gasteiger partial charge in [-0.2, -0.15) is 13.2 Å². The smallest absolute Gasteiger partial charge is 0.416 e. The van der Waals surface area contributed by atoms with Crippen molar-refractivity contribution in [2.75, 3.05) is 19.6 Å². The Morgan fingerprint density at radius 1 is 1.08 bits per heavy atom. The highest BCUT2D eigenvalue weighted by Crippen LogP contribution is 2.38. The predicted octanol–water partition coefficient (Wildman–Crippen LogP) is 5.08. The standard InChI is InChI=1S/C33H29F6N5O5/c1-16-7-18-8-22(29(16)36)26(11-28(46)47)40-31(48)30(21-9-20(3-4-25(21)35)49-32-23(18)15-42(2)41-32)44-12-17(5-6-43-13-19(34)14-43)24(10-27(44)45)33(37,38)39/h3-4,7-10,12,15,19,26,30H,5-6,11,13-14H2,1-2H3,(H,40,48)(H,46,47)/t26-,30+/m0/s1. The van der Waals surface area contributed by atoms with Crippen LogP contribution in [0.2, 0.25) is 0 Å². The Bertz CT molecular complexity index is 2020. The first-order chi connectivity index (χ1) is 23.1. The molecule has 2 atom stereocenters. The number of alkyl halides is 4. The summed E-state index contributed by atoms with van der Waals surface area (Å²) in [6.07, 6.45) is -4.90. The van der Waals surface area contributed by atoms with Crippen LogP contribution < -0.4 is 15.6 Å². The van der Waals surface area contributed by atoms with Crippen LogP contribution in [0, 0.1) is 18.6 Å². The number of nitrogens with zero attached hydrogens (tertiary/aromatic N) is 4. The quantitative estimate of drug-likeness (QED) is 0.271. The van der Waals surface area contributed by atoms with Gasteiger partial charge in [0.2, 0.25) is 11.8 Å². The lowest BCUT2D eigenvalue weighted by atomic mass is 9.94. The van der Waals surface area contributed by atoms with Crippen molar-refractivity contribution >= 4 is 11.9 Å². The fraction of sp³-hybridized carbons (Fsp3) is 0.333. The average Bonchev–Trinajstić information content (AvgIpc) is 3.36. The Labute approximate surface area is 274 Å². The number of rotatable bonds is 6. The van der Waals surface area contributed by atoms with Crippen LogP contribution in [0.3, 0.4) is 0 Å². The highest BCUT2D eigenvalue weighted by Gasteiger charge is 2.38. The average molecular weight is 690 g/mol. The van der Waals surface area contributed by atoms with Crippen molar-refractivity contribution in [2.45, 2.75) is 44.2 Å². The first kappa shape index (κ1) is 33.8. The number of likely N-dealkylation sites (tertiary alicyclic amines) is 1. The molecule has 2 aliphatic heterocycles. The number of carboxylic acids is 1. The van der Waals surface area contributed by atoms with Crippen molar-refractivity contribution in [2.24, 2.45) is 7.05 Å². The van der Waals surface area contributed by atoms with Gasteiger partial charge < -0.3 is 15.2 Å². The summed E-state index contributed by atoms with van der Waals surface area (Å²) in [5, 5.41) is 16.5. The molecule has 4 aromatic rings. The Kier molecular flexibility index (Phi) is 8.77. The maximum Gasteiger partial charge on any atom is 0.416 e. The zero-order valence-electron chi connectivity index (χ0n) is 26.0.